The lowest BCUT2D eigenvalue weighted by Gasteiger charge is -2.38. The number of benzene rings is 1. The summed E-state index contributed by atoms with van der Waals surface area (Å²) >= 11 is 0. The summed E-state index contributed by atoms with van der Waals surface area (Å²) in [6, 6.07) is 12.1. The molecule has 1 fully saturated rings. The quantitative estimate of drug-likeness (QED) is 0.771. The first kappa shape index (κ1) is 19.5. The fourth-order valence-electron chi connectivity index (χ4n) is 3.85. The third-order valence-corrected chi connectivity index (χ3v) is 5.53. The molecule has 146 valence electrons. The van der Waals surface area contributed by atoms with Gasteiger partial charge in [-0.05, 0) is 58.1 Å². The van der Waals surface area contributed by atoms with Crippen molar-refractivity contribution >= 4 is 11.6 Å². The highest BCUT2D eigenvalue weighted by atomic mass is 16.3. The van der Waals surface area contributed by atoms with Crippen LogP contribution in [-0.2, 0) is 4.79 Å². The number of amides is 1. The van der Waals surface area contributed by atoms with Gasteiger partial charge in [0, 0.05) is 12.2 Å². The van der Waals surface area contributed by atoms with Gasteiger partial charge in [-0.3, -0.25) is 9.69 Å². The maximum atomic E-state index is 13.3. The summed E-state index contributed by atoms with van der Waals surface area (Å²) in [7, 11) is 4.00. The van der Waals surface area contributed by atoms with E-state index in [1.54, 1.807) is 6.26 Å². The minimum absolute atomic E-state index is 0.0176. The molecule has 1 aliphatic rings. The van der Waals surface area contributed by atoms with Crippen LogP contribution in [0.3, 0.4) is 0 Å². The molecule has 0 spiro atoms. The Labute approximate surface area is 162 Å². The second-order valence-electron chi connectivity index (χ2n) is 7.84. The van der Waals surface area contributed by atoms with Crippen molar-refractivity contribution in [2.45, 2.75) is 50.6 Å². The molecule has 0 aliphatic heterocycles. The van der Waals surface area contributed by atoms with Crippen LogP contribution in [0.1, 0.15) is 49.5 Å². The Morgan fingerprint density at radius 2 is 1.85 bits per heavy atom. The molecule has 0 bridgehead atoms. The molecule has 1 unspecified atom stereocenters. The molecule has 2 N–H and O–H groups in total. The fraction of sp³-hybridized carbons (Fsp3) is 0.500. The minimum atomic E-state index is -0.534. The van der Waals surface area contributed by atoms with E-state index in [0.29, 0.717) is 6.54 Å². The lowest BCUT2D eigenvalue weighted by Crippen LogP contribution is -2.54. The van der Waals surface area contributed by atoms with Crippen LogP contribution >= 0.6 is 0 Å². The Kier molecular flexibility index (Phi) is 6.22. The highest BCUT2D eigenvalue weighted by Gasteiger charge is 2.39. The fourth-order valence-corrected chi connectivity index (χ4v) is 3.85. The summed E-state index contributed by atoms with van der Waals surface area (Å²) in [4.78, 5) is 15.3. The van der Waals surface area contributed by atoms with Gasteiger partial charge in [-0.2, -0.15) is 0 Å². The summed E-state index contributed by atoms with van der Waals surface area (Å²) in [6.07, 6.45) is 6.73. The van der Waals surface area contributed by atoms with Crippen LogP contribution in [0.4, 0.5) is 5.69 Å². The normalized spacial score (nSPS) is 17.5. The molecule has 0 saturated heterocycles. The first-order valence-corrected chi connectivity index (χ1v) is 9.83. The zero-order valence-electron chi connectivity index (χ0n) is 16.6. The van der Waals surface area contributed by atoms with Gasteiger partial charge in [0.2, 0.25) is 5.91 Å². The number of carbonyl (C=O) groups is 1. The summed E-state index contributed by atoms with van der Waals surface area (Å²) in [6.45, 7) is 2.60. The largest absolute Gasteiger partial charge is 0.468 e. The zero-order chi connectivity index (χ0) is 19.3. The molecule has 1 aromatic heterocycles. The predicted molar refractivity (Wildman–Crippen MR) is 109 cm³/mol. The molecular weight excluding hydrogens is 338 g/mol. The average molecular weight is 370 g/mol. The molecule has 1 heterocycles. The van der Waals surface area contributed by atoms with Gasteiger partial charge in [0.1, 0.15) is 11.3 Å². The van der Waals surface area contributed by atoms with E-state index >= 15 is 0 Å². The molecule has 3 rings (SSSR count). The minimum Gasteiger partial charge on any atom is -0.468 e. The van der Waals surface area contributed by atoms with Crippen molar-refractivity contribution in [2.75, 3.05) is 26.0 Å². The molecular formula is C22H31N3O2. The number of aryl methyl sites for hydroxylation is 1. The van der Waals surface area contributed by atoms with Crippen LogP contribution in [0.5, 0.6) is 0 Å². The average Bonchev–Trinajstić information content (AvgIpc) is 3.18. The van der Waals surface area contributed by atoms with Crippen molar-refractivity contribution in [1.82, 2.24) is 10.2 Å². The summed E-state index contributed by atoms with van der Waals surface area (Å²) in [5.41, 5.74) is 1.69. The Morgan fingerprint density at radius 3 is 2.44 bits per heavy atom. The summed E-state index contributed by atoms with van der Waals surface area (Å²) in [5, 5.41) is 6.75. The van der Waals surface area contributed by atoms with E-state index in [0.717, 1.165) is 37.1 Å². The Hall–Kier alpha value is -2.27. The monoisotopic (exact) mass is 369 g/mol. The number of anilines is 1. The van der Waals surface area contributed by atoms with Crippen molar-refractivity contribution in [3.05, 3.63) is 54.0 Å². The second-order valence-corrected chi connectivity index (χ2v) is 7.84. The van der Waals surface area contributed by atoms with Crippen molar-refractivity contribution < 1.29 is 9.21 Å². The van der Waals surface area contributed by atoms with Crippen molar-refractivity contribution in [3.8, 4) is 0 Å². The Balaban J connectivity index is 1.72. The molecule has 1 aromatic carbocycles. The van der Waals surface area contributed by atoms with Crippen molar-refractivity contribution in [1.29, 1.82) is 0 Å². The standard InChI is InChI=1S/C22H31N3O2/c1-17-9-11-18(12-10-17)24-22(13-5-4-6-14-22)21(26)23-16-19(25(2)3)20-8-7-15-27-20/h7-12,15,19,24H,4-6,13-14,16H2,1-3H3,(H,23,26). The smallest absolute Gasteiger partial charge is 0.245 e. The number of hydrogen-bond donors (Lipinski definition) is 2. The topological polar surface area (TPSA) is 57.5 Å². The third kappa shape index (κ3) is 4.72. The van der Waals surface area contributed by atoms with Crippen LogP contribution in [0.15, 0.2) is 47.1 Å². The van der Waals surface area contributed by atoms with E-state index in [4.69, 9.17) is 4.42 Å². The van der Waals surface area contributed by atoms with Gasteiger partial charge in [0.25, 0.3) is 0 Å². The van der Waals surface area contributed by atoms with Crippen LogP contribution < -0.4 is 10.6 Å². The Bertz CT molecular complexity index is 717. The first-order valence-electron chi connectivity index (χ1n) is 9.83. The molecule has 1 saturated carbocycles. The third-order valence-electron chi connectivity index (χ3n) is 5.53. The molecule has 0 radical (unpaired) electrons. The number of rotatable bonds is 7. The van der Waals surface area contributed by atoms with E-state index in [1.807, 2.05) is 26.2 Å². The number of carbonyl (C=O) groups excluding carboxylic acids is 1. The number of hydrogen-bond acceptors (Lipinski definition) is 4. The van der Waals surface area contributed by atoms with Gasteiger partial charge in [-0.25, -0.2) is 0 Å². The van der Waals surface area contributed by atoms with Gasteiger partial charge in [-0.1, -0.05) is 37.0 Å². The van der Waals surface area contributed by atoms with Crippen LogP contribution in [0.25, 0.3) is 0 Å². The predicted octanol–water partition coefficient (Wildman–Crippen LogP) is 4.12. The number of nitrogens with one attached hydrogen (secondary N) is 2. The SMILES string of the molecule is Cc1ccc(NC2(C(=O)NCC(c3ccco3)N(C)C)CCCCC2)cc1. The molecule has 27 heavy (non-hydrogen) atoms. The second kappa shape index (κ2) is 8.61. The number of furan rings is 1. The van der Waals surface area contributed by atoms with E-state index < -0.39 is 5.54 Å². The van der Waals surface area contributed by atoms with E-state index in [1.165, 1.54) is 12.0 Å². The highest BCUT2D eigenvalue weighted by molar-refractivity contribution is 5.89. The van der Waals surface area contributed by atoms with Gasteiger partial charge in [0.15, 0.2) is 0 Å². The van der Waals surface area contributed by atoms with Gasteiger partial charge in [-0.15, -0.1) is 0 Å². The summed E-state index contributed by atoms with van der Waals surface area (Å²) in [5.74, 6) is 0.950. The van der Waals surface area contributed by atoms with Crippen LogP contribution in [-0.4, -0.2) is 37.0 Å². The molecule has 5 nitrogen and oxygen atoms in total. The number of nitrogens with zero attached hydrogens (tertiary/aromatic N) is 1. The van der Waals surface area contributed by atoms with Crippen molar-refractivity contribution in [3.63, 3.8) is 0 Å². The van der Waals surface area contributed by atoms with Gasteiger partial charge in [0.05, 0.1) is 12.3 Å². The maximum absolute atomic E-state index is 13.3. The van der Waals surface area contributed by atoms with Crippen molar-refractivity contribution in [2.24, 2.45) is 0 Å². The van der Waals surface area contributed by atoms with E-state index in [-0.39, 0.29) is 11.9 Å². The molecule has 1 amide bonds. The van der Waals surface area contributed by atoms with E-state index in [9.17, 15) is 4.79 Å². The Morgan fingerprint density at radius 1 is 1.15 bits per heavy atom. The maximum Gasteiger partial charge on any atom is 0.245 e. The molecule has 2 aromatic rings. The first-order chi connectivity index (χ1) is 13.0. The van der Waals surface area contributed by atoms with Gasteiger partial charge >= 0.3 is 0 Å². The zero-order valence-corrected chi connectivity index (χ0v) is 16.6. The van der Waals surface area contributed by atoms with Crippen LogP contribution in [0.2, 0.25) is 0 Å². The lowest BCUT2D eigenvalue weighted by molar-refractivity contribution is -0.126. The molecule has 1 aliphatic carbocycles. The van der Waals surface area contributed by atoms with Crippen LogP contribution in [0, 0.1) is 6.92 Å². The lowest BCUT2D eigenvalue weighted by atomic mass is 9.80. The van der Waals surface area contributed by atoms with E-state index in [2.05, 4.69) is 46.7 Å². The summed E-state index contributed by atoms with van der Waals surface area (Å²) < 4.78 is 5.56. The highest BCUT2D eigenvalue weighted by Crippen LogP contribution is 2.32. The van der Waals surface area contributed by atoms with Gasteiger partial charge < -0.3 is 15.1 Å². The number of likely N-dealkylation sites (N-methyl/N-ethyl adjacent to an activating group) is 1. The molecule has 5 heteroatoms. The molecule has 1 atom stereocenters.